The van der Waals surface area contributed by atoms with Gasteiger partial charge < -0.3 is 8.83 Å². The maximum Gasteiger partial charge on any atom is 1.00 e. The van der Waals surface area contributed by atoms with Gasteiger partial charge in [-0.1, -0.05) is 30.3 Å². The number of thiol groups is 1. The Bertz CT molecular complexity index is 441. The minimum absolute atomic E-state index is 0. The topological polar surface area (TPSA) is 61.1 Å². The van der Waals surface area contributed by atoms with Gasteiger partial charge in [0.1, 0.15) is 5.40 Å². The zero-order valence-electron chi connectivity index (χ0n) is 13.4. The molecule has 0 aromatic heterocycles. The van der Waals surface area contributed by atoms with E-state index in [0.29, 0.717) is 4.90 Å². The third-order valence-corrected chi connectivity index (χ3v) is 2.76. The van der Waals surface area contributed by atoms with Gasteiger partial charge in [0, 0.05) is 11.2 Å². The van der Waals surface area contributed by atoms with Gasteiger partial charge in [0.15, 0.2) is 8.77 Å². The van der Waals surface area contributed by atoms with Crippen molar-refractivity contribution in [3.8, 4) is 5.40 Å². The molecule has 1 rings (SSSR count). The van der Waals surface area contributed by atoms with Crippen molar-refractivity contribution in [3.05, 3.63) is 29.8 Å². The molecule has 0 spiro atoms. The number of hydrogen-bond acceptors (Lipinski definition) is 4. The molecule has 0 fully saturated rings. The standard InChI is InChI=1S/C7H8O2S2.CHNS.3K.3H/c1-6-2-4-7(5-3-6)11(8,9)10;2-1-3;;;;;;/h2-5H,1H3,(H,8,9,10);3H;;;;;;/q;;3*+1;3*-1. The van der Waals surface area contributed by atoms with Gasteiger partial charge >= 0.3 is 154 Å². The van der Waals surface area contributed by atoms with Crippen molar-refractivity contribution in [2.75, 3.05) is 0 Å². The van der Waals surface area contributed by atoms with Crippen molar-refractivity contribution in [1.82, 2.24) is 0 Å². The van der Waals surface area contributed by atoms with Gasteiger partial charge in [0.05, 0.1) is 4.90 Å². The van der Waals surface area contributed by atoms with E-state index in [9.17, 15) is 4.21 Å². The van der Waals surface area contributed by atoms with Crippen LogP contribution in [0.15, 0.2) is 29.2 Å². The number of thiocyanates is 1. The molecule has 0 saturated heterocycles. The predicted octanol–water partition coefficient (Wildman–Crippen LogP) is -6.68. The van der Waals surface area contributed by atoms with Crippen molar-refractivity contribution in [1.29, 1.82) is 5.26 Å². The van der Waals surface area contributed by atoms with Crippen LogP contribution in [0.1, 0.15) is 9.84 Å². The average Bonchev–Trinajstić information content (AvgIpc) is 2.04. The fourth-order valence-corrected chi connectivity index (χ4v) is 1.52. The smallest absolute Gasteiger partial charge is 1.00 e. The number of aryl methyl sites for hydroxylation is 1. The monoisotopic (exact) mass is 367 g/mol. The Morgan fingerprint density at radius 2 is 1.65 bits per heavy atom. The number of rotatable bonds is 1. The van der Waals surface area contributed by atoms with Gasteiger partial charge in [0.25, 0.3) is 0 Å². The third kappa shape index (κ3) is 16.5. The average molecular weight is 368 g/mol. The summed E-state index contributed by atoms with van der Waals surface area (Å²) in [5.74, 6) is 0. The van der Waals surface area contributed by atoms with Gasteiger partial charge in [-0.05, 0) is 19.1 Å². The molecule has 82 valence electrons. The van der Waals surface area contributed by atoms with Crippen molar-refractivity contribution in [2.45, 2.75) is 11.8 Å². The van der Waals surface area contributed by atoms with E-state index in [1.165, 1.54) is 5.40 Å². The van der Waals surface area contributed by atoms with Gasteiger partial charge in [-0.15, -0.1) is 0 Å². The summed E-state index contributed by atoms with van der Waals surface area (Å²) in [5.41, 5.74) is 1.05. The molecular weight excluding hydrogens is 356 g/mol. The van der Waals surface area contributed by atoms with Crippen LogP contribution in [0.3, 0.4) is 0 Å². The molecule has 1 unspecified atom stereocenters. The number of nitriles is 1. The second-order valence-corrected chi connectivity index (χ2v) is 5.37. The van der Waals surface area contributed by atoms with E-state index in [1.807, 2.05) is 6.92 Å². The summed E-state index contributed by atoms with van der Waals surface area (Å²) in [7, 11) is -3.19. The summed E-state index contributed by atoms with van der Waals surface area (Å²) >= 11 is 7.47. The van der Waals surface area contributed by atoms with Gasteiger partial charge in [-0.3, -0.25) is 0 Å². The van der Waals surface area contributed by atoms with Crippen LogP contribution in [0.4, 0.5) is 0 Å². The SMILES string of the molecule is Cc1ccc(S(=O)(O)=S)cc1.N#CS.[H-].[H-].[H-].[K+].[K+].[K+]. The zero-order chi connectivity index (χ0) is 11.2. The molecule has 0 bridgehead atoms. The van der Waals surface area contributed by atoms with Crippen LogP contribution in [-0.2, 0) is 20.0 Å². The maximum absolute atomic E-state index is 10.9. The summed E-state index contributed by atoms with van der Waals surface area (Å²) in [5, 5.41) is 8.63. The third-order valence-electron chi connectivity index (χ3n) is 1.32. The Hall–Kier alpha value is 4.30. The van der Waals surface area contributed by atoms with E-state index in [2.05, 4.69) is 23.8 Å². The predicted molar refractivity (Wildman–Crippen MR) is 65.5 cm³/mol. The first-order valence-electron chi connectivity index (χ1n) is 3.49. The van der Waals surface area contributed by atoms with Crippen LogP contribution in [0.5, 0.6) is 0 Å². The van der Waals surface area contributed by atoms with Gasteiger partial charge in [-0.2, -0.15) is 5.26 Å². The first-order chi connectivity index (χ1) is 6.41. The second kappa shape index (κ2) is 16.7. The molecule has 0 heterocycles. The molecule has 0 aliphatic heterocycles. The molecular formula is C8H12K3NO2S3. The molecule has 3 nitrogen and oxygen atoms in total. The Balaban J connectivity index is -0.0000000348. The Morgan fingerprint density at radius 1 is 1.35 bits per heavy atom. The molecule has 1 N–H and O–H groups in total. The van der Waals surface area contributed by atoms with Crippen LogP contribution in [0.2, 0.25) is 0 Å². The molecule has 0 amide bonds. The maximum atomic E-state index is 10.9. The van der Waals surface area contributed by atoms with Crippen molar-refractivity contribution in [3.63, 3.8) is 0 Å². The van der Waals surface area contributed by atoms with Crippen molar-refractivity contribution < 1.29 is 167 Å². The van der Waals surface area contributed by atoms with E-state index in [4.69, 9.17) is 9.81 Å². The van der Waals surface area contributed by atoms with E-state index in [1.54, 1.807) is 24.3 Å². The molecule has 0 aliphatic carbocycles. The summed E-state index contributed by atoms with van der Waals surface area (Å²) in [6.45, 7) is 1.91. The van der Waals surface area contributed by atoms with Crippen LogP contribution in [-0.4, -0.2) is 8.76 Å². The first kappa shape index (κ1) is 29.3. The molecule has 17 heavy (non-hydrogen) atoms. The van der Waals surface area contributed by atoms with E-state index >= 15 is 0 Å². The number of hydrogen-bond donors (Lipinski definition) is 2. The zero-order valence-corrected chi connectivity index (χ0v) is 22.3. The molecule has 0 saturated carbocycles. The normalized spacial score (nSPS) is 10.7. The van der Waals surface area contributed by atoms with Gasteiger partial charge in [0.2, 0.25) is 0 Å². The van der Waals surface area contributed by atoms with Crippen LogP contribution in [0.25, 0.3) is 0 Å². The summed E-state index contributed by atoms with van der Waals surface area (Å²) in [6.07, 6.45) is 0. The number of nitrogens with zero attached hydrogens (tertiary/aromatic N) is 1. The summed E-state index contributed by atoms with van der Waals surface area (Å²) in [6, 6.07) is 6.67. The van der Waals surface area contributed by atoms with E-state index < -0.39 is 8.77 Å². The minimum atomic E-state index is -3.19. The molecule has 0 radical (unpaired) electrons. The molecule has 1 aromatic rings. The van der Waals surface area contributed by atoms with Gasteiger partial charge in [-0.25, -0.2) is 4.21 Å². The molecule has 9 heteroatoms. The molecule has 0 aliphatic rings. The summed E-state index contributed by atoms with van der Waals surface area (Å²) in [4.78, 5) is 0.304. The van der Waals surface area contributed by atoms with Crippen molar-refractivity contribution in [2.24, 2.45) is 0 Å². The Kier molecular flexibility index (Phi) is 28.8. The summed E-state index contributed by atoms with van der Waals surface area (Å²) < 4.78 is 19.8. The molecule has 1 atom stereocenters. The first-order valence-corrected chi connectivity index (χ1v) is 6.38. The van der Waals surface area contributed by atoms with Crippen LogP contribution in [0, 0.1) is 17.6 Å². The largest absolute Gasteiger partial charge is 1.00 e. The second-order valence-electron chi connectivity index (χ2n) is 2.39. The quantitative estimate of drug-likeness (QED) is 0.294. The van der Waals surface area contributed by atoms with E-state index in [-0.39, 0.29) is 158 Å². The Morgan fingerprint density at radius 3 is 1.88 bits per heavy atom. The fourth-order valence-electron chi connectivity index (χ4n) is 0.710. The fraction of sp³-hybridized carbons (Fsp3) is 0.125. The number of benzene rings is 1. The van der Waals surface area contributed by atoms with Crippen LogP contribution < -0.4 is 154 Å². The van der Waals surface area contributed by atoms with Crippen molar-refractivity contribution >= 4 is 32.6 Å². The minimum Gasteiger partial charge on any atom is -1.00 e. The Labute approximate surface area is 245 Å². The molecule has 1 aromatic carbocycles. The van der Waals surface area contributed by atoms with E-state index in [0.717, 1.165) is 5.56 Å². The van der Waals surface area contributed by atoms with Crippen LogP contribution >= 0.6 is 12.6 Å².